The topological polar surface area (TPSA) is 77.2 Å². The van der Waals surface area contributed by atoms with Gasteiger partial charge in [-0.25, -0.2) is 4.98 Å². The standard InChI is InChI=1S/C14H17N3O2S/c1-19-12(9-15)8-13(18)17-11-4-2-3-10(7-11)14-16-5-6-20-14/h2-7,12H,8-9,15H2,1H3,(H,17,18). The van der Waals surface area contributed by atoms with Crippen LogP contribution in [0.1, 0.15) is 6.42 Å². The molecule has 20 heavy (non-hydrogen) atoms. The number of aromatic nitrogens is 1. The zero-order chi connectivity index (χ0) is 14.4. The lowest BCUT2D eigenvalue weighted by Crippen LogP contribution is -2.28. The lowest BCUT2D eigenvalue weighted by Gasteiger charge is -2.12. The maximum absolute atomic E-state index is 11.9. The molecule has 0 aliphatic heterocycles. The number of carbonyl (C=O) groups excluding carboxylic acids is 1. The van der Waals surface area contributed by atoms with Crippen LogP contribution in [0.4, 0.5) is 5.69 Å². The van der Waals surface area contributed by atoms with Gasteiger partial charge in [-0.05, 0) is 12.1 Å². The second kappa shape index (κ2) is 7.14. The summed E-state index contributed by atoms with van der Waals surface area (Å²) in [5.74, 6) is -0.112. The minimum atomic E-state index is -0.253. The summed E-state index contributed by atoms with van der Waals surface area (Å²) in [6.45, 7) is 0.322. The molecule has 0 fully saturated rings. The van der Waals surface area contributed by atoms with Crippen LogP contribution in [0, 0.1) is 0 Å². The van der Waals surface area contributed by atoms with Gasteiger partial charge in [0, 0.05) is 36.5 Å². The highest BCUT2D eigenvalue weighted by molar-refractivity contribution is 7.13. The first-order valence-electron chi connectivity index (χ1n) is 6.25. The lowest BCUT2D eigenvalue weighted by molar-refractivity contribution is -0.118. The molecule has 0 bridgehead atoms. The van der Waals surface area contributed by atoms with E-state index in [1.54, 1.807) is 24.6 Å². The third-order valence-corrected chi connectivity index (χ3v) is 3.66. The molecule has 1 amide bonds. The summed E-state index contributed by atoms with van der Waals surface area (Å²) in [6.07, 6.45) is 1.75. The molecule has 0 spiro atoms. The van der Waals surface area contributed by atoms with Crippen molar-refractivity contribution in [2.24, 2.45) is 5.73 Å². The van der Waals surface area contributed by atoms with Crippen LogP contribution in [-0.4, -0.2) is 30.6 Å². The largest absolute Gasteiger partial charge is 0.380 e. The monoisotopic (exact) mass is 291 g/mol. The minimum Gasteiger partial charge on any atom is -0.380 e. The Kier molecular flexibility index (Phi) is 5.23. The maximum atomic E-state index is 11.9. The van der Waals surface area contributed by atoms with Gasteiger partial charge in [0.05, 0.1) is 12.5 Å². The van der Waals surface area contributed by atoms with E-state index in [1.165, 1.54) is 0 Å². The van der Waals surface area contributed by atoms with Gasteiger partial charge in [-0.3, -0.25) is 4.79 Å². The number of hydrogen-bond donors (Lipinski definition) is 2. The molecule has 2 aromatic rings. The highest BCUT2D eigenvalue weighted by Crippen LogP contribution is 2.24. The fourth-order valence-electron chi connectivity index (χ4n) is 1.78. The number of nitrogens with one attached hydrogen (secondary N) is 1. The zero-order valence-corrected chi connectivity index (χ0v) is 12.0. The molecule has 1 atom stereocenters. The quantitative estimate of drug-likeness (QED) is 0.854. The predicted molar refractivity (Wildman–Crippen MR) is 80.6 cm³/mol. The van der Waals surface area contributed by atoms with Crippen LogP contribution in [0.5, 0.6) is 0 Å². The van der Waals surface area contributed by atoms with Gasteiger partial charge < -0.3 is 15.8 Å². The molecule has 2 rings (SSSR count). The van der Waals surface area contributed by atoms with Gasteiger partial charge in [0.1, 0.15) is 5.01 Å². The van der Waals surface area contributed by atoms with E-state index >= 15 is 0 Å². The van der Waals surface area contributed by atoms with Crippen molar-refractivity contribution in [1.29, 1.82) is 0 Å². The number of amides is 1. The summed E-state index contributed by atoms with van der Waals surface area (Å²) < 4.78 is 5.10. The van der Waals surface area contributed by atoms with Crippen LogP contribution in [0.15, 0.2) is 35.8 Å². The van der Waals surface area contributed by atoms with E-state index in [-0.39, 0.29) is 18.4 Å². The Bertz CT molecular complexity index is 553. The molecule has 106 valence electrons. The van der Waals surface area contributed by atoms with E-state index in [4.69, 9.17) is 10.5 Å². The number of benzene rings is 1. The van der Waals surface area contributed by atoms with Gasteiger partial charge in [0.15, 0.2) is 0 Å². The molecule has 1 heterocycles. The van der Waals surface area contributed by atoms with Crippen LogP contribution in [0.2, 0.25) is 0 Å². The smallest absolute Gasteiger partial charge is 0.227 e. The van der Waals surface area contributed by atoms with Crippen molar-refractivity contribution in [1.82, 2.24) is 4.98 Å². The molecular formula is C14H17N3O2S. The molecule has 1 aromatic carbocycles. The number of nitrogens with zero attached hydrogens (tertiary/aromatic N) is 1. The number of nitrogens with two attached hydrogens (primary N) is 1. The van der Waals surface area contributed by atoms with Gasteiger partial charge in [-0.15, -0.1) is 11.3 Å². The van der Waals surface area contributed by atoms with Crippen molar-refractivity contribution in [2.45, 2.75) is 12.5 Å². The molecule has 6 heteroatoms. The summed E-state index contributed by atoms with van der Waals surface area (Å²) in [7, 11) is 1.55. The highest BCUT2D eigenvalue weighted by Gasteiger charge is 2.12. The molecule has 5 nitrogen and oxygen atoms in total. The third-order valence-electron chi connectivity index (χ3n) is 2.83. The Balaban J connectivity index is 2.03. The third kappa shape index (κ3) is 3.86. The molecule has 0 aliphatic carbocycles. The van der Waals surface area contributed by atoms with Gasteiger partial charge in [-0.1, -0.05) is 12.1 Å². The lowest BCUT2D eigenvalue weighted by atomic mass is 10.2. The average molecular weight is 291 g/mol. The summed E-state index contributed by atoms with van der Waals surface area (Å²) >= 11 is 1.56. The van der Waals surface area contributed by atoms with Crippen LogP contribution >= 0.6 is 11.3 Å². The first-order valence-corrected chi connectivity index (χ1v) is 7.13. The van der Waals surface area contributed by atoms with Gasteiger partial charge in [-0.2, -0.15) is 0 Å². The van der Waals surface area contributed by atoms with Crippen LogP contribution in [0.3, 0.4) is 0 Å². The fourth-order valence-corrected chi connectivity index (χ4v) is 2.41. The van der Waals surface area contributed by atoms with E-state index in [1.807, 2.05) is 29.6 Å². The first-order chi connectivity index (χ1) is 9.72. The highest BCUT2D eigenvalue weighted by atomic mass is 32.1. The van der Waals surface area contributed by atoms with Crippen LogP contribution in [0.25, 0.3) is 10.6 Å². The minimum absolute atomic E-state index is 0.112. The van der Waals surface area contributed by atoms with Gasteiger partial charge >= 0.3 is 0 Å². The Morgan fingerprint density at radius 1 is 1.55 bits per heavy atom. The number of rotatable bonds is 6. The van der Waals surface area contributed by atoms with Crippen molar-refractivity contribution in [2.75, 3.05) is 19.0 Å². The van der Waals surface area contributed by atoms with Crippen LogP contribution in [-0.2, 0) is 9.53 Å². The zero-order valence-electron chi connectivity index (χ0n) is 11.2. The molecule has 1 aromatic heterocycles. The number of thiazole rings is 1. The molecule has 0 radical (unpaired) electrons. The second-order valence-corrected chi connectivity index (χ2v) is 5.16. The number of methoxy groups -OCH3 is 1. The Labute approximate surface area is 121 Å². The molecule has 0 aliphatic rings. The van der Waals surface area contributed by atoms with E-state index in [9.17, 15) is 4.79 Å². The summed E-state index contributed by atoms with van der Waals surface area (Å²) in [5, 5.41) is 5.70. The first kappa shape index (κ1) is 14.6. The van der Waals surface area contributed by atoms with Crippen molar-refractivity contribution < 1.29 is 9.53 Å². The Morgan fingerprint density at radius 3 is 3.05 bits per heavy atom. The summed E-state index contributed by atoms with van der Waals surface area (Å²) in [6, 6.07) is 7.61. The molecule has 0 saturated heterocycles. The SMILES string of the molecule is COC(CN)CC(=O)Nc1cccc(-c2nccs2)c1. The summed E-state index contributed by atoms with van der Waals surface area (Å²) in [5.41, 5.74) is 7.23. The van der Waals surface area contributed by atoms with Crippen molar-refractivity contribution >= 4 is 22.9 Å². The number of anilines is 1. The number of ether oxygens (including phenoxy) is 1. The van der Waals surface area contributed by atoms with Crippen LogP contribution < -0.4 is 11.1 Å². The van der Waals surface area contributed by atoms with Crippen molar-refractivity contribution in [3.05, 3.63) is 35.8 Å². The average Bonchev–Trinajstić information content (AvgIpc) is 2.99. The molecular weight excluding hydrogens is 274 g/mol. The van der Waals surface area contributed by atoms with Gasteiger partial charge in [0.25, 0.3) is 0 Å². The van der Waals surface area contributed by atoms with Gasteiger partial charge in [0.2, 0.25) is 5.91 Å². The number of hydrogen-bond acceptors (Lipinski definition) is 5. The van der Waals surface area contributed by atoms with Crippen molar-refractivity contribution in [3.8, 4) is 10.6 Å². The Hall–Kier alpha value is -1.76. The Morgan fingerprint density at radius 2 is 2.40 bits per heavy atom. The van der Waals surface area contributed by atoms with E-state index in [2.05, 4.69) is 10.3 Å². The number of carbonyl (C=O) groups is 1. The van der Waals surface area contributed by atoms with E-state index in [0.29, 0.717) is 6.54 Å². The predicted octanol–water partition coefficient (Wildman–Crippen LogP) is 2.11. The second-order valence-electron chi connectivity index (χ2n) is 4.26. The van der Waals surface area contributed by atoms with E-state index in [0.717, 1.165) is 16.3 Å². The maximum Gasteiger partial charge on any atom is 0.227 e. The summed E-state index contributed by atoms with van der Waals surface area (Å²) in [4.78, 5) is 16.1. The molecule has 1 unspecified atom stereocenters. The normalized spacial score (nSPS) is 12.1. The van der Waals surface area contributed by atoms with Crippen molar-refractivity contribution in [3.63, 3.8) is 0 Å². The molecule has 0 saturated carbocycles. The fraction of sp³-hybridized carbons (Fsp3) is 0.286. The molecule has 3 N–H and O–H groups in total. The van der Waals surface area contributed by atoms with E-state index < -0.39 is 0 Å².